The maximum atomic E-state index is 13.1. The number of aromatic nitrogens is 3. The van der Waals surface area contributed by atoms with E-state index in [1.807, 2.05) is 28.1 Å². The third kappa shape index (κ3) is 5.72. The molecule has 2 atom stereocenters. The van der Waals surface area contributed by atoms with Gasteiger partial charge >= 0.3 is 6.18 Å². The van der Waals surface area contributed by atoms with Crippen LogP contribution < -0.4 is 10.2 Å². The molecule has 208 valence electrons. The second kappa shape index (κ2) is 11.0. The highest BCUT2D eigenvalue weighted by Gasteiger charge is 2.39. The SMILES string of the molecule is O=C(C1CN(c2cccc(C(F)(F)F)c2)C1)N1CC[C@H](NC2CC=C(c3ccc(-c4ncccn4)cn3)CC2)C1. The highest BCUT2D eigenvalue weighted by molar-refractivity contribution is 5.82. The van der Waals surface area contributed by atoms with Crippen LogP contribution in [0.2, 0.25) is 0 Å². The minimum absolute atomic E-state index is 0.105. The van der Waals surface area contributed by atoms with Crippen LogP contribution >= 0.6 is 0 Å². The number of benzene rings is 1. The molecule has 7 nitrogen and oxygen atoms in total. The molecule has 2 aromatic heterocycles. The van der Waals surface area contributed by atoms with E-state index in [0.29, 0.717) is 43.7 Å². The summed E-state index contributed by atoms with van der Waals surface area (Å²) in [4.78, 5) is 30.0. The van der Waals surface area contributed by atoms with Gasteiger partial charge in [-0.15, -0.1) is 0 Å². The van der Waals surface area contributed by atoms with Crippen molar-refractivity contribution >= 4 is 17.2 Å². The molecule has 1 aromatic carbocycles. The number of nitrogens with zero attached hydrogens (tertiary/aromatic N) is 5. The van der Waals surface area contributed by atoms with Crippen LogP contribution in [0.15, 0.2) is 67.1 Å². The molecule has 2 saturated heterocycles. The number of hydrogen-bond donors (Lipinski definition) is 1. The first-order valence-electron chi connectivity index (χ1n) is 13.7. The lowest BCUT2D eigenvalue weighted by Crippen LogP contribution is -2.54. The van der Waals surface area contributed by atoms with Gasteiger partial charge in [-0.3, -0.25) is 9.78 Å². The van der Waals surface area contributed by atoms with Gasteiger partial charge < -0.3 is 15.1 Å². The van der Waals surface area contributed by atoms with E-state index in [1.54, 1.807) is 24.5 Å². The zero-order valence-electron chi connectivity index (χ0n) is 22.0. The molecule has 6 rings (SSSR count). The normalized spacial score (nSPS) is 21.7. The van der Waals surface area contributed by atoms with E-state index in [9.17, 15) is 18.0 Å². The molecule has 1 amide bonds. The smallest absolute Gasteiger partial charge is 0.370 e. The molecule has 10 heteroatoms. The molecule has 40 heavy (non-hydrogen) atoms. The minimum Gasteiger partial charge on any atom is -0.370 e. The molecule has 2 fully saturated rings. The molecule has 0 spiro atoms. The van der Waals surface area contributed by atoms with Gasteiger partial charge in [-0.25, -0.2) is 9.97 Å². The predicted molar refractivity (Wildman–Crippen MR) is 146 cm³/mol. The lowest BCUT2D eigenvalue weighted by atomic mass is 9.92. The third-order valence-corrected chi connectivity index (χ3v) is 8.07. The number of anilines is 1. The fraction of sp³-hybridized carbons (Fsp3) is 0.400. The predicted octanol–water partition coefficient (Wildman–Crippen LogP) is 4.82. The van der Waals surface area contributed by atoms with Crippen LogP contribution in [0.3, 0.4) is 0 Å². The monoisotopic (exact) mass is 548 g/mol. The summed E-state index contributed by atoms with van der Waals surface area (Å²) < 4.78 is 39.1. The topological polar surface area (TPSA) is 74.2 Å². The fourth-order valence-electron chi connectivity index (χ4n) is 5.79. The van der Waals surface area contributed by atoms with E-state index in [4.69, 9.17) is 0 Å². The molecule has 4 heterocycles. The van der Waals surface area contributed by atoms with E-state index < -0.39 is 11.7 Å². The number of amides is 1. The summed E-state index contributed by atoms with van der Waals surface area (Å²) in [5.41, 5.74) is 2.98. The summed E-state index contributed by atoms with van der Waals surface area (Å²) in [5.74, 6) is 0.604. The Balaban J connectivity index is 0.965. The second-order valence-electron chi connectivity index (χ2n) is 10.8. The molecule has 1 aliphatic carbocycles. The van der Waals surface area contributed by atoms with Crippen LogP contribution in [0.5, 0.6) is 0 Å². The summed E-state index contributed by atoms with van der Waals surface area (Å²) in [7, 11) is 0. The highest BCUT2D eigenvalue weighted by atomic mass is 19.4. The Labute approximate surface area is 231 Å². The molecular formula is C30H31F3N6O. The number of alkyl halides is 3. The number of allylic oxidation sites excluding steroid dienone is 1. The van der Waals surface area contributed by atoms with Crippen LogP contribution in [0.25, 0.3) is 17.0 Å². The molecule has 3 aromatic rings. The number of rotatable bonds is 6. The zero-order valence-corrected chi connectivity index (χ0v) is 22.0. The Morgan fingerprint density at radius 1 is 0.950 bits per heavy atom. The van der Waals surface area contributed by atoms with Crippen molar-refractivity contribution in [3.8, 4) is 11.4 Å². The summed E-state index contributed by atoms with van der Waals surface area (Å²) in [6.07, 6.45) is 6.93. The first-order chi connectivity index (χ1) is 19.3. The van der Waals surface area contributed by atoms with E-state index in [0.717, 1.165) is 49.1 Å². The Bertz CT molecular complexity index is 1370. The third-order valence-electron chi connectivity index (χ3n) is 8.07. The first kappa shape index (κ1) is 26.4. The fourth-order valence-corrected chi connectivity index (χ4v) is 5.79. The Morgan fingerprint density at radius 3 is 2.48 bits per heavy atom. The van der Waals surface area contributed by atoms with E-state index in [2.05, 4.69) is 26.3 Å². The van der Waals surface area contributed by atoms with Crippen molar-refractivity contribution in [2.24, 2.45) is 5.92 Å². The average molecular weight is 549 g/mol. The standard InChI is InChI=1S/C30H31F3N6O/c31-30(32,33)23-3-1-4-26(15-23)39-17-22(18-39)29(40)38-14-11-25(19-38)37-24-8-5-20(6-9-24)27-10-7-21(16-36-27)28-34-12-2-13-35-28/h1-5,7,10,12-13,15-16,22,24-25,37H,6,8-9,11,14,17-19H2/t24?,25-/m0/s1. The number of carbonyl (C=O) groups excluding carboxylic acids is 1. The molecule has 1 unspecified atom stereocenters. The van der Waals surface area contributed by atoms with Crippen molar-refractivity contribution in [1.29, 1.82) is 0 Å². The van der Waals surface area contributed by atoms with Gasteiger partial charge in [-0.05, 0) is 67.7 Å². The minimum atomic E-state index is -4.37. The number of halogens is 3. The van der Waals surface area contributed by atoms with Gasteiger partial charge in [0, 0.05) is 68.1 Å². The van der Waals surface area contributed by atoms with Gasteiger partial charge in [0.1, 0.15) is 0 Å². The van der Waals surface area contributed by atoms with Gasteiger partial charge in [0.25, 0.3) is 0 Å². The van der Waals surface area contributed by atoms with E-state index in [1.165, 1.54) is 11.6 Å². The van der Waals surface area contributed by atoms with Crippen molar-refractivity contribution < 1.29 is 18.0 Å². The first-order valence-corrected chi connectivity index (χ1v) is 13.7. The number of carbonyl (C=O) groups is 1. The van der Waals surface area contributed by atoms with Crippen molar-refractivity contribution in [2.45, 2.75) is 43.9 Å². The molecule has 2 aliphatic heterocycles. The second-order valence-corrected chi connectivity index (χ2v) is 10.8. The summed E-state index contributed by atoms with van der Waals surface area (Å²) in [6, 6.07) is 11.8. The quantitative estimate of drug-likeness (QED) is 0.476. The van der Waals surface area contributed by atoms with Crippen LogP contribution in [0.4, 0.5) is 18.9 Å². The maximum absolute atomic E-state index is 13.1. The lowest BCUT2D eigenvalue weighted by Gasteiger charge is -2.41. The van der Waals surface area contributed by atoms with Crippen LogP contribution in [0, 0.1) is 5.92 Å². The van der Waals surface area contributed by atoms with Gasteiger partial charge in [0.05, 0.1) is 17.2 Å². The van der Waals surface area contributed by atoms with Crippen molar-refractivity contribution in [2.75, 3.05) is 31.1 Å². The summed E-state index contributed by atoms with van der Waals surface area (Å²) in [6.45, 7) is 2.30. The van der Waals surface area contributed by atoms with Crippen LogP contribution in [0.1, 0.15) is 36.9 Å². The molecule has 3 aliphatic rings. The van der Waals surface area contributed by atoms with Crippen LogP contribution in [-0.2, 0) is 11.0 Å². The highest BCUT2D eigenvalue weighted by Crippen LogP contribution is 2.34. The van der Waals surface area contributed by atoms with Gasteiger partial charge in [-0.1, -0.05) is 12.1 Å². The van der Waals surface area contributed by atoms with Gasteiger partial charge in [0.2, 0.25) is 5.91 Å². The average Bonchev–Trinajstić information content (AvgIpc) is 3.41. The summed E-state index contributed by atoms with van der Waals surface area (Å²) in [5, 5.41) is 3.74. The van der Waals surface area contributed by atoms with Gasteiger partial charge in [-0.2, -0.15) is 13.2 Å². The van der Waals surface area contributed by atoms with Crippen LogP contribution in [-0.4, -0.2) is 64.0 Å². The Morgan fingerprint density at radius 2 is 1.77 bits per heavy atom. The molecule has 0 bridgehead atoms. The Hall–Kier alpha value is -3.79. The summed E-state index contributed by atoms with van der Waals surface area (Å²) >= 11 is 0. The number of pyridine rings is 1. The van der Waals surface area contributed by atoms with E-state index in [-0.39, 0.29) is 17.9 Å². The maximum Gasteiger partial charge on any atom is 0.416 e. The number of hydrogen-bond acceptors (Lipinski definition) is 6. The molecule has 0 saturated carbocycles. The van der Waals surface area contributed by atoms with Crippen molar-refractivity contribution in [1.82, 2.24) is 25.2 Å². The number of likely N-dealkylation sites (tertiary alicyclic amines) is 1. The van der Waals surface area contributed by atoms with Gasteiger partial charge in [0.15, 0.2) is 5.82 Å². The molecule has 0 radical (unpaired) electrons. The van der Waals surface area contributed by atoms with Crippen molar-refractivity contribution in [3.05, 3.63) is 78.4 Å². The molecular weight excluding hydrogens is 517 g/mol. The lowest BCUT2D eigenvalue weighted by molar-refractivity contribution is -0.138. The molecule has 1 N–H and O–H groups in total. The zero-order chi connectivity index (χ0) is 27.7. The Kier molecular flexibility index (Phi) is 7.27. The largest absolute Gasteiger partial charge is 0.416 e. The number of nitrogens with one attached hydrogen (secondary N) is 1. The van der Waals surface area contributed by atoms with Crippen molar-refractivity contribution in [3.63, 3.8) is 0 Å². The van der Waals surface area contributed by atoms with E-state index >= 15 is 0 Å².